The highest BCUT2D eigenvalue weighted by atomic mass is 79.9. The van der Waals surface area contributed by atoms with Gasteiger partial charge >= 0.3 is 0 Å². The molecule has 8 heteroatoms. The first-order chi connectivity index (χ1) is 14.0. The number of hydrogen-bond acceptors (Lipinski definition) is 4. The van der Waals surface area contributed by atoms with Gasteiger partial charge in [-0.05, 0) is 48.2 Å². The Balaban J connectivity index is 1.53. The zero-order chi connectivity index (χ0) is 20.9. The van der Waals surface area contributed by atoms with E-state index in [4.69, 9.17) is 0 Å². The number of nitrogens with one attached hydrogen (secondary N) is 2. The molecule has 2 rings (SSSR count). The van der Waals surface area contributed by atoms with Gasteiger partial charge in [-0.1, -0.05) is 62.5 Å². The molecule has 0 saturated heterocycles. The van der Waals surface area contributed by atoms with Crippen LogP contribution < -0.4 is 10.9 Å². The normalized spacial score (nSPS) is 11.1. The number of nitrogens with zero attached hydrogens (tertiary/aromatic N) is 2. The van der Waals surface area contributed by atoms with E-state index in [0.29, 0.717) is 25.7 Å². The van der Waals surface area contributed by atoms with Gasteiger partial charge in [0.1, 0.15) is 0 Å². The minimum absolute atomic E-state index is 0.137. The number of halogens is 2. The third-order valence-corrected chi connectivity index (χ3v) is 4.91. The molecule has 0 bridgehead atoms. The molecule has 6 nitrogen and oxygen atoms in total. The molecule has 0 aliphatic heterocycles. The summed E-state index contributed by atoms with van der Waals surface area (Å²) in [5.41, 5.74) is 6.83. The molecule has 0 spiro atoms. The molecule has 0 aliphatic rings. The van der Waals surface area contributed by atoms with Gasteiger partial charge in [-0.15, -0.1) is 0 Å². The van der Waals surface area contributed by atoms with Crippen molar-refractivity contribution >= 4 is 56.1 Å². The van der Waals surface area contributed by atoms with E-state index in [1.54, 1.807) is 12.4 Å². The second-order valence-corrected chi connectivity index (χ2v) is 8.08. The van der Waals surface area contributed by atoms with E-state index in [9.17, 15) is 9.59 Å². The maximum absolute atomic E-state index is 11.7. The largest absolute Gasteiger partial charge is 0.273 e. The standard InChI is InChI=1S/C21H22Br2N4O2/c22-18-10-6-16(7-11-18)14-24-26-20(28)4-2-1-3-5-21(29)27-25-15-17-8-12-19(23)13-9-17/h6-15H,1-5H2,(H,26,28)(H,27,29)/b24-14+,25-15+. The number of hydrazone groups is 2. The molecule has 2 aromatic rings. The number of carbonyl (C=O) groups excluding carboxylic acids is 2. The molecule has 152 valence electrons. The monoisotopic (exact) mass is 520 g/mol. The average molecular weight is 522 g/mol. The summed E-state index contributed by atoms with van der Waals surface area (Å²) in [5, 5.41) is 7.88. The minimum Gasteiger partial charge on any atom is -0.273 e. The maximum Gasteiger partial charge on any atom is 0.240 e. The Morgan fingerprint density at radius 2 is 1.07 bits per heavy atom. The molecule has 0 heterocycles. The van der Waals surface area contributed by atoms with Crippen LogP contribution in [0, 0.1) is 0 Å². The quantitative estimate of drug-likeness (QED) is 0.268. The first-order valence-electron chi connectivity index (χ1n) is 9.18. The van der Waals surface area contributed by atoms with Crippen molar-refractivity contribution < 1.29 is 9.59 Å². The Hall–Kier alpha value is -2.32. The van der Waals surface area contributed by atoms with Gasteiger partial charge in [0, 0.05) is 21.8 Å². The van der Waals surface area contributed by atoms with Gasteiger partial charge in [0.2, 0.25) is 11.8 Å². The Labute approximate surface area is 187 Å². The van der Waals surface area contributed by atoms with Gasteiger partial charge in [-0.3, -0.25) is 9.59 Å². The van der Waals surface area contributed by atoms with Crippen LogP contribution in [0.25, 0.3) is 0 Å². The van der Waals surface area contributed by atoms with Crippen LogP contribution in [0.1, 0.15) is 43.2 Å². The van der Waals surface area contributed by atoms with Crippen molar-refractivity contribution in [3.8, 4) is 0 Å². The van der Waals surface area contributed by atoms with Gasteiger partial charge < -0.3 is 0 Å². The lowest BCUT2D eigenvalue weighted by Crippen LogP contribution is -2.18. The lowest BCUT2D eigenvalue weighted by Gasteiger charge is -2.01. The molecular formula is C21H22Br2N4O2. The predicted octanol–water partition coefficient (Wildman–Crippen LogP) is 4.76. The lowest BCUT2D eigenvalue weighted by atomic mass is 10.1. The molecule has 0 unspecified atom stereocenters. The molecule has 2 N–H and O–H groups in total. The topological polar surface area (TPSA) is 82.9 Å². The molecule has 29 heavy (non-hydrogen) atoms. The number of unbranched alkanes of at least 4 members (excludes halogenated alkanes) is 2. The van der Waals surface area contributed by atoms with Crippen molar-refractivity contribution in [3.05, 3.63) is 68.6 Å². The van der Waals surface area contributed by atoms with E-state index in [1.165, 1.54) is 0 Å². The second kappa shape index (κ2) is 13.0. The molecular weight excluding hydrogens is 500 g/mol. The second-order valence-electron chi connectivity index (χ2n) is 6.25. The summed E-state index contributed by atoms with van der Waals surface area (Å²) >= 11 is 6.73. The first kappa shape index (κ1) is 23.0. The number of amides is 2. The lowest BCUT2D eigenvalue weighted by molar-refractivity contribution is -0.121. The molecule has 0 radical (unpaired) electrons. The van der Waals surface area contributed by atoms with Crippen LogP contribution in [-0.4, -0.2) is 24.2 Å². The van der Waals surface area contributed by atoms with Crippen LogP contribution >= 0.6 is 31.9 Å². The van der Waals surface area contributed by atoms with E-state index in [0.717, 1.165) is 26.5 Å². The maximum atomic E-state index is 11.7. The highest BCUT2D eigenvalue weighted by molar-refractivity contribution is 9.10. The molecule has 0 atom stereocenters. The smallest absolute Gasteiger partial charge is 0.240 e. The number of benzene rings is 2. The Bertz CT molecular complexity index is 778. The fraction of sp³-hybridized carbons (Fsp3) is 0.238. The minimum atomic E-state index is -0.137. The van der Waals surface area contributed by atoms with Crippen molar-refractivity contribution in [1.29, 1.82) is 0 Å². The van der Waals surface area contributed by atoms with E-state index in [2.05, 4.69) is 52.9 Å². The molecule has 0 aromatic heterocycles. The summed E-state index contributed by atoms with van der Waals surface area (Å²) in [6.45, 7) is 0. The summed E-state index contributed by atoms with van der Waals surface area (Å²) in [6, 6.07) is 15.2. The summed E-state index contributed by atoms with van der Waals surface area (Å²) in [7, 11) is 0. The Kier molecular flexibility index (Phi) is 10.3. The summed E-state index contributed by atoms with van der Waals surface area (Å²) < 4.78 is 1.98. The summed E-state index contributed by atoms with van der Waals surface area (Å²) in [4.78, 5) is 23.5. The van der Waals surface area contributed by atoms with Crippen molar-refractivity contribution in [1.82, 2.24) is 10.9 Å². The van der Waals surface area contributed by atoms with Crippen molar-refractivity contribution in [3.63, 3.8) is 0 Å². The molecule has 0 aliphatic carbocycles. The first-order valence-corrected chi connectivity index (χ1v) is 10.8. The van der Waals surface area contributed by atoms with E-state index < -0.39 is 0 Å². The molecule has 0 saturated carbocycles. The Morgan fingerprint density at radius 1 is 0.690 bits per heavy atom. The molecule has 0 fully saturated rings. The van der Waals surface area contributed by atoms with Gasteiger partial charge in [0.05, 0.1) is 12.4 Å². The summed E-state index contributed by atoms with van der Waals surface area (Å²) in [5.74, 6) is -0.274. The van der Waals surface area contributed by atoms with Crippen LogP contribution in [0.2, 0.25) is 0 Å². The highest BCUT2D eigenvalue weighted by Gasteiger charge is 2.02. The fourth-order valence-electron chi connectivity index (χ4n) is 2.32. The summed E-state index contributed by atoms with van der Waals surface area (Å²) in [6.07, 6.45) is 6.15. The molecule has 2 aromatic carbocycles. The third-order valence-electron chi connectivity index (χ3n) is 3.85. The van der Waals surface area contributed by atoms with Gasteiger partial charge in [-0.25, -0.2) is 10.9 Å². The van der Waals surface area contributed by atoms with Gasteiger partial charge in [-0.2, -0.15) is 10.2 Å². The zero-order valence-electron chi connectivity index (χ0n) is 15.8. The van der Waals surface area contributed by atoms with Crippen molar-refractivity contribution in [2.24, 2.45) is 10.2 Å². The van der Waals surface area contributed by atoms with Crippen LogP contribution in [-0.2, 0) is 9.59 Å². The van der Waals surface area contributed by atoms with Crippen molar-refractivity contribution in [2.75, 3.05) is 0 Å². The number of hydrogen-bond donors (Lipinski definition) is 2. The SMILES string of the molecule is O=C(CCCCCC(=O)N/N=C/c1ccc(Br)cc1)N/N=C/c1ccc(Br)cc1. The van der Waals surface area contributed by atoms with Crippen LogP contribution in [0.3, 0.4) is 0 Å². The van der Waals surface area contributed by atoms with Gasteiger partial charge in [0.15, 0.2) is 0 Å². The van der Waals surface area contributed by atoms with E-state index >= 15 is 0 Å². The number of carbonyl (C=O) groups is 2. The van der Waals surface area contributed by atoms with Crippen molar-refractivity contribution in [2.45, 2.75) is 32.1 Å². The van der Waals surface area contributed by atoms with Crippen LogP contribution in [0.5, 0.6) is 0 Å². The Morgan fingerprint density at radius 3 is 1.45 bits per heavy atom. The van der Waals surface area contributed by atoms with E-state index in [-0.39, 0.29) is 11.8 Å². The fourth-order valence-corrected chi connectivity index (χ4v) is 2.84. The average Bonchev–Trinajstić information content (AvgIpc) is 2.71. The molecule has 2 amide bonds. The zero-order valence-corrected chi connectivity index (χ0v) is 18.9. The highest BCUT2D eigenvalue weighted by Crippen LogP contribution is 2.10. The van der Waals surface area contributed by atoms with Crippen LogP contribution in [0.4, 0.5) is 0 Å². The van der Waals surface area contributed by atoms with Crippen LogP contribution in [0.15, 0.2) is 67.7 Å². The number of rotatable bonds is 10. The van der Waals surface area contributed by atoms with E-state index in [1.807, 2.05) is 48.5 Å². The third kappa shape index (κ3) is 10.1. The van der Waals surface area contributed by atoms with Gasteiger partial charge in [0.25, 0.3) is 0 Å². The predicted molar refractivity (Wildman–Crippen MR) is 123 cm³/mol.